The molecule has 0 amide bonds. The monoisotopic (exact) mass is 322 g/mol. The molecular weight excluding hydrogens is 304 g/mol. The van der Waals surface area contributed by atoms with Gasteiger partial charge in [-0.3, -0.25) is 0 Å². The number of fused-ring (bicyclic) bond motifs is 2. The number of carbonyl (C=O) groups excluding carboxylic acids is 1. The predicted molar refractivity (Wildman–Crippen MR) is 86.6 cm³/mol. The van der Waals surface area contributed by atoms with E-state index in [1.165, 1.54) is 0 Å². The van der Waals surface area contributed by atoms with Crippen LogP contribution in [0.2, 0.25) is 0 Å². The van der Waals surface area contributed by atoms with Gasteiger partial charge in [-0.05, 0) is 31.3 Å². The van der Waals surface area contributed by atoms with Gasteiger partial charge < -0.3 is 15.2 Å². The van der Waals surface area contributed by atoms with Crippen molar-refractivity contribution < 1.29 is 14.3 Å². The van der Waals surface area contributed by atoms with Crippen LogP contribution in [-0.4, -0.2) is 12.1 Å². The van der Waals surface area contributed by atoms with Crippen molar-refractivity contribution in [3.63, 3.8) is 0 Å². The molecule has 0 fully saturated rings. The number of nitrogens with two attached hydrogens (primary N) is 1. The molecular formula is C19H18N2O3. The number of esters is 1. The molecule has 122 valence electrons. The van der Waals surface area contributed by atoms with Crippen molar-refractivity contribution in [2.45, 2.75) is 25.4 Å². The second kappa shape index (κ2) is 5.72. The van der Waals surface area contributed by atoms with E-state index in [0.29, 0.717) is 16.9 Å². The van der Waals surface area contributed by atoms with Gasteiger partial charge in [-0.15, -0.1) is 0 Å². The van der Waals surface area contributed by atoms with Crippen LogP contribution in [0.1, 0.15) is 19.3 Å². The maximum atomic E-state index is 12.7. The molecule has 0 radical (unpaired) electrons. The third-order valence-corrected chi connectivity index (χ3v) is 5.06. The van der Waals surface area contributed by atoms with Gasteiger partial charge in [-0.1, -0.05) is 30.4 Å². The van der Waals surface area contributed by atoms with E-state index in [1.807, 2.05) is 24.3 Å². The number of allylic oxidation sites excluding steroid dienone is 5. The average Bonchev–Trinajstić information content (AvgIpc) is 2.61. The Kier molecular flexibility index (Phi) is 3.53. The Hall–Kier alpha value is -2.74. The van der Waals surface area contributed by atoms with E-state index in [1.54, 1.807) is 0 Å². The molecule has 0 saturated heterocycles. The fourth-order valence-electron chi connectivity index (χ4n) is 3.95. The van der Waals surface area contributed by atoms with Gasteiger partial charge in [0.05, 0.1) is 17.1 Å². The number of ether oxygens (including phenoxy) is 2. The molecule has 0 spiro atoms. The minimum Gasteiger partial charge on any atom is -0.454 e. The summed E-state index contributed by atoms with van der Waals surface area (Å²) >= 11 is 0. The summed E-state index contributed by atoms with van der Waals surface area (Å²) in [5.41, 5.74) is 6.83. The average molecular weight is 322 g/mol. The van der Waals surface area contributed by atoms with Crippen LogP contribution in [0, 0.1) is 29.1 Å². The number of rotatable bonds is 1. The fourth-order valence-corrected chi connectivity index (χ4v) is 3.95. The lowest BCUT2D eigenvalue weighted by molar-refractivity contribution is -0.147. The van der Waals surface area contributed by atoms with Crippen molar-refractivity contribution in [2.24, 2.45) is 23.5 Å². The van der Waals surface area contributed by atoms with Gasteiger partial charge in [0.15, 0.2) is 0 Å². The third-order valence-electron chi connectivity index (χ3n) is 5.06. The molecule has 2 N–H and O–H groups in total. The lowest BCUT2D eigenvalue weighted by atomic mass is 9.72. The zero-order chi connectivity index (χ0) is 16.7. The smallest absolute Gasteiger partial charge is 0.338 e. The minimum absolute atomic E-state index is 0.0630. The normalized spacial score (nSPS) is 34.2. The zero-order valence-electron chi connectivity index (χ0n) is 13.1. The van der Waals surface area contributed by atoms with Gasteiger partial charge >= 0.3 is 5.97 Å². The summed E-state index contributed by atoms with van der Waals surface area (Å²) in [7, 11) is 0. The topological polar surface area (TPSA) is 85.3 Å². The SMILES string of the molecule is N#CC1=C(N)OC2=C(C(=O)O[C@H]3C=CC=C[C@@H]23)[C@H]1[C@@H]1C=CCCC1. The maximum Gasteiger partial charge on any atom is 0.338 e. The highest BCUT2D eigenvalue weighted by Crippen LogP contribution is 2.46. The van der Waals surface area contributed by atoms with Crippen molar-refractivity contribution >= 4 is 5.97 Å². The van der Waals surface area contributed by atoms with Crippen molar-refractivity contribution in [1.82, 2.24) is 0 Å². The van der Waals surface area contributed by atoms with Crippen molar-refractivity contribution in [1.29, 1.82) is 5.26 Å². The summed E-state index contributed by atoms with van der Waals surface area (Å²) < 4.78 is 11.4. The highest BCUT2D eigenvalue weighted by atomic mass is 16.6. The maximum absolute atomic E-state index is 12.7. The van der Waals surface area contributed by atoms with Crippen LogP contribution in [0.3, 0.4) is 0 Å². The largest absolute Gasteiger partial charge is 0.454 e. The van der Waals surface area contributed by atoms with Crippen LogP contribution in [0.15, 0.2) is 59.2 Å². The van der Waals surface area contributed by atoms with E-state index >= 15 is 0 Å². The predicted octanol–water partition coefficient (Wildman–Crippen LogP) is 2.60. The molecule has 0 unspecified atom stereocenters. The van der Waals surface area contributed by atoms with E-state index in [0.717, 1.165) is 19.3 Å². The molecule has 24 heavy (non-hydrogen) atoms. The van der Waals surface area contributed by atoms with Gasteiger partial charge in [0, 0.05) is 5.92 Å². The minimum atomic E-state index is -0.407. The molecule has 0 aromatic carbocycles. The van der Waals surface area contributed by atoms with Crippen molar-refractivity contribution in [3.8, 4) is 6.07 Å². The van der Waals surface area contributed by atoms with Crippen LogP contribution in [-0.2, 0) is 14.3 Å². The summed E-state index contributed by atoms with van der Waals surface area (Å²) in [5, 5.41) is 9.58. The van der Waals surface area contributed by atoms with Crippen molar-refractivity contribution in [2.75, 3.05) is 0 Å². The van der Waals surface area contributed by atoms with Crippen LogP contribution in [0.4, 0.5) is 0 Å². The van der Waals surface area contributed by atoms with Crippen LogP contribution < -0.4 is 5.73 Å². The Labute approximate surface area is 140 Å². The molecule has 5 heteroatoms. The summed E-state index contributed by atoms with van der Waals surface area (Å²) in [5.74, 6) is -0.267. The van der Waals surface area contributed by atoms with Gasteiger partial charge in [0.1, 0.15) is 17.9 Å². The second-order valence-electron chi connectivity index (χ2n) is 6.44. The Morgan fingerprint density at radius 3 is 2.83 bits per heavy atom. The number of hydrogen-bond donors (Lipinski definition) is 1. The highest BCUT2D eigenvalue weighted by molar-refractivity contribution is 5.92. The molecule has 0 aromatic rings. The molecule has 0 aromatic heterocycles. The number of carbonyl (C=O) groups is 1. The second-order valence-corrected chi connectivity index (χ2v) is 6.44. The first-order valence-electron chi connectivity index (χ1n) is 8.25. The first kappa shape index (κ1) is 14.8. The van der Waals surface area contributed by atoms with Gasteiger partial charge in [-0.2, -0.15) is 5.26 Å². The first-order chi connectivity index (χ1) is 11.7. The van der Waals surface area contributed by atoms with E-state index in [2.05, 4.69) is 18.2 Å². The van der Waals surface area contributed by atoms with E-state index in [4.69, 9.17) is 15.2 Å². The fraction of sp³-hybridized carbons (Fsp3) is 0.368. The van der Waals surface area contributed by atoms with E-state index in [9.17, 15) is 10.1 Å². The molecule has 2 aliphatic heterocycles. The summed E-state index contributed by atoms with van der Waals surface area (Å²) in [6.07, 6.45) is 14.3. The molecule has 4 atom stereocenters. The zero-order valence-corrected chi connectivity index (χ0v) is 13.1. The van der Waals surface area contributed by atoms with Crippen LogP contribution >= 0.6 is 0 Å². The number of nitrogens with zero attached hydrogens (tertiary/aromatic N) is 1. The third kappa shape index (κ3) is 2.18. The Morgan fingerprint density at radius 1 is 1.25 bits per heavy atom. The van der Waals surface area contributed by atoms with E-state index in [-0.39, 0.29) is 29.7 Å². The molecule has 5 nitrogen and oxygen atoms in total. The van der Waals surface area contributed by atoms with Crippen molar-refractivity contribution in [3.05, 3.63) is 59.2 Å². The summed E-state index contributed by atoms with van der Waals surface area (Å²) in [4.78, 5) is 12.7. The van der Waals surface area contributed by atoms with Gasteiger partial charge in [0.2, 0.25) is 5.88 Å². The highest BCUT2D eigenvalue weighted by Gasteiger charge is 2.47. The van der Waals surface area contributed by atoms with Gasteiger partial charge in [0.25, 0.3) is 0 Å². The van der Waals surface area contributed by atoms with Crippen LogP contribution in [0.25, 0.3) is 0 Å². The standard InChI is InChI=1S/C19H18N2O3/c20-10-13-15(11-6-2-1-3-7-11)16-17(24-18(13)21)12-8-4-5-9-14(12)23-19(16)22/h2,4-6,8-9,11-12,14-15H,1,3,7,21H2/t11-,12-,14+,15+/m1/s1. The summed E-state index contributed by atoms with van der Waals surface area (Å²) in [6, 6.07) is 2.15. The van der Waals surface area contributed by atoms with Gasteiger partial charge in [-0.25, -0.2) is 4.79 Å². The Balaban J connectivity index is 1.84. The van der Waals surface area contributed by atoms with Crippen LogP contribution in [0.5, 0.6) is 0 Å². The summed E-state index contributed by atoms with van der Waals surface area (Å²) in [6.45, 7) is 0. The number of hydrogen-bond acceptors (Lipinski definition) is 5. The molecule has 2 heterocycles. The quantitative estimate of drug-likeness (QED) is 0.592. The lowest BCUT2D eigenvalue weighted by Gasteiger charge is -2.39. The lowest BCUT2D eigenvalue weighted by Crippen LogP contribution is -2.41. The molecule has 0 saturated carbocycles. The Bertz CT molecular complexity index is 779. The first-order valence-corrected chi connectivity index (χ1v) is 8.25. The molecule has 2 aliphatic carbocycles. The Morgan fingerprint density at radius 2 is 2.08 bits per heavy atom. The van der Waals surface area contributed by atoms with E-state index < -0.39 is 5.97 Å². The number of nitriles is 1. The molecule has 4 aliphatic rings. The molecule has 4 rings (SSSR count). The molecule has 0 bridgehead atoms.